The van der Waals surface area contributed by atoms with Crippen LogP contribution in [0, 0.1) is 0 Å². The minimum absolute atomic E-state index is 0.260. The summed E-state index contributed by atoms with van der Waals surface area (Å²) in [5.41, 5.74) is 0.914. The topological polar surface area (TPSA) is 76.1 Å². The Hall–Kier alpha value is -2.63. The van der Waals surface area contributed by atoms with Crippen molar-refractivity contribution in [3.63, 3.8) is 0 Å². The van der Waals surface area contributed by atoms with Gasteiger partial charge in [-0.2, -0.15) is 0 Å². The standard InChI is InChI=1S/C15H18N4O2/c1-3-17-14-10-16-9-13(19-14)15(20)18-11-6-5-7-12(8-11)21-4-2/h5-10H,3-4H2,1-2H3,(H,17,19)(H,18,20). The van der Waals surface area contributed by atoms with Crippen LogP contribution in [-0.2, 0) is 0 Å². The van der Waals surface area contributed by atoms with Crippen LogP contribution in [0.5, 0.6) is 5.75 Å². The lowest BCUT2D eigenvalue weighted by Crippen LogP contribution is -2.15. The molecule has 0 aliphatic carbocycles. The first-order valence-corrected chi connectivity index (χ1v) is 6.83. The van der Waals surface area contributed by atoms with Crippen LogP contribution in [0.3, 0.4) is 0 Å². The fourth-order valence-corrected chi connectivity index (χ4v) is 1.77. The zero-order valence-corrected chi connectivity index (χ0v) is 12.1. The number of carbonyl (C=O) groups is 1. The van der Waals surface area contributed by atoms with E-state index in [1.165, 1.54) is 6.20 Å². The number of amides is 1. The van der Waals surface area contributed by atoms with Gasteiger partial charge in [0.25, 0.3) is 5.91 Å². The zero-order chi connectivity index (χ0) is 15.1. The van der Waals surface area contributed by atoms with E-state index in [1.54, 1.807) is 18.3 Å². The molecule has 0 spiro atoms. The monoisotopic (exact) mass is 286 g/mol. The van der Waals surface area contributed by atoms with Crippen LogP contribution in [-0.4, -0.2) is 29.0 Å². The molecular formula is C15H18N4O2. The Labute approximate surface area is 123 Å². The number of hydrogen-bond donors (Lipinski definition) is 2. The zero-order valence-electron chi connectivity index (χ0n) is 12.1. The first kappa shape index (κ1) is 14.8. The van der Waals surface area contributed by atoms with E-state index < -0.39 is 0 Å². The van der Waals surface area contributed by atoms with Gasteiger partial charge < -0.3 is 15.4 Å². The molecular weight excluding hydrogens is 268 g/mol. The molecule has 2 N–H and O–H groups in total. The summed E-state index contributed by atoms with van der Waals surface area (Å²) in [6, 6.07) is 7.22. The van der Waals surface area contributed by atoms with E-state index in [1.807, 2.05) is 26.0 Å². The number of benzene rings is 1. The predicted octanol–water partition coefficient (Wildman–Crippen LogP) is 2.56. The van der Waals surface area contributed by atoms with E-state index in [4.69, 9.17) is 4.74 Å². The highest BCUT2D eigenvalue weighted by molar-refractivity contribution is 6.02. The molecule has 1 aromatic carbocycles. The number of rotatable bonds is 6. The molecule has 0 fully saturated rings. The third-order valence-electron chi connectivity index (χ3n) is 2.63. The van der Waals surface area contributed by atoms with Crippen molar-refractivity contribution < 1.29 is 9.53 Å². The van der Waals surface area contributed by atoms with E-state index in [0.29, 0.717) is 23.9 Å². The van der Waals surface area contributed by atoms with Crippen molar-refractivity contribution in [1.82, 2.24) is 9.97 Å². The van der Waals surface area contributed by atoms with Gasteiger partial charge in [0.15, 0.2) is 0 Å². The van der Waals surface area contributed by atoms with Gasteiger partial charge in [-0.15, -0.1) is 0 Å². The summed E-state index contributed by atoms with van der Waals surface area (Å²) in [6.07, 6.45) is 3.01. The summed E-state index contributed by atoms with van der Waals surface area (Å²) in [4.78, 5) is 20.4. The molecule has 0 atom stereocenters. The third kappa shape index (κ3) is 4.17. The molecule has 21 heavy (non-hydrogen) atoms. The van der Waals surface area contributed by atoms with Gasteiger partial charge in [0.1, 0.15) is 17.3 Å². The maximum atomic E-state index is 12.2. The molecule has 6 nitrogen and oxygen atoms in total. The Bertz CT molecular complexity index is 616. The van der Waals surface area contributed by atoms with Gasteiger partial charge in [-0.25, -0.2) is 4.98 Å². The molecule has 0 saturated carbocycles. The van der Waals surface area contributed by atoms with Crippen LogP contribution in [0.15, 0.2) is 36.7 Å². The van der Waals surface area contributed by atoms with Gasteiger partial charge in [-0.3, -0.25) is 9.78 Å². The van der Waals surface area contributed by atoms with Crippen molar-refractivity contribution in [3.8, 4) is 5.75 Å². The number of hydrogen-bond acceptors (Lipinski definition) is 5. The highest BCUT2D eigenvalue weighted by Gasteiger charge is 2.09. The van der Waals surface area contributed by atoms with E-state index in [-0.39, 0.29) is 11.6 Å². The Balaban J connectivity index is 2.10. The quantitative estimate of drug-likeness (QED) is 0.853. The largest absolute Gasteiger partial charge is 0.494 e. The number of ether oxygens (including phenoxy) is 1. The van der Waals surface area contributed by atoms with Crippen LogP contribution < -0.4 is 15.4 Å². The molecule has 0 saturated heterocycles. The average Bonchev–Trinajstić information content (AvgIpc) is 2.48. The van der Waals surface area contributed by atoms with Crippen LogP contribution in [0.4, 0.5) is 11.5 Å². The van der Waals surface area contributed by atoms with Crippen LogP contribution in [0.25, 0.3) is 0 Å². The molecule has 0 bridgehead atoms. The summed E-state index contributed by atoms with van der Waals surface area (Å²) in [5.74, 6) is 0.979. The first-order chi connectivity index (χ1) is 10.2. The van der Waals surface area contributed by atoms with Gasteiger partial charge in [-0.05, 0) is 26.0 Å². The van der Waals surface area contributed by atoms with Crippen LogP contribution >= 0.6 is 0 Å². The second-order valence-electron chi connectivity index (χ2n) is 4.23. The van der Waals surface area contributed by atoms with Crippen LogP contribution in [0.2, 0.25) is 0 Å². The minimum atomic E-state index is -0.309. The van der Waals surface area contributed by atoms with E-state index in [2.05, 4.69) is 20.6 Å². The maximum absolute atomic E-state index is 12.2. The second kappa shape index (κ2) is 7.23. The maximum Gasteiger partial charge on any atom is 0.275 e. The van der Waals surface area contributed by atoms with Gasteiger partial charge in [0.05, 0.1) is 19.0 Å². The SMILES string of the molecule is CCNc1cncc(C(=O)Nc2cccc(OCC)c2)n1. The molecule has 2 rings (SSSR count). The third-order valence-corrected chi connectivity index (χ3v) is 2.63. The number of carbonyl (C=O) groups excluding carboxylic acids is 1. The lowest BCUT2D eigenvalue weighted by Gasteiger charge is -2.08. The predicted molar refractivity (Wildman–Crippen MR) is 81.8 cm³/mol. The van der Waals surface area contributed by atoms with Gasteiger partial charge in [-0.1, -0.05) is 6.07 Å². The molecule has 0 aliphatic heterocycles. The molecule has 2 aromatic rings. The number of nitrogens with zero attached hydrogens (tertiary/aromatic N) is 2. The van der Waals surface area contributed by atoms with E-state index in [9.17, 15) is 4.79 Å². The van der Waals surface area contributed by atoms with Crippen molar-refractivity contribution in [1.29, 1.82) is 0 Å². The molecule has 0 aliphatic rings. The van der Waals surface area contributed by atoms with Crippen molar-refractivity contribution in [2.75, 3.05) is 23.8 Å². The second-order valence-corrected chi connectivity index (χ2v) is 4.23. The Kier molecular flexibility index (Phi) is 5.09. The summed E-state index contributed by atoms with van der Waals surface area (Å²) < 4.78 is 5.40. The van der Waals surface area contributed by atoms with Crippen molar-refractivity contribution >= 4 is 17.4 Å². The van der Waals surface area contributed by atoms with E-state index in [0.717, 1.165) is 6.54 Å². The Morgan fingerprint density at radius 3 is 2.90 bits per heavy atom. The summed E-state index contributed by atoms with van der Waals surface area (Å²) in [5, 5.41) is 5.80. The van der Waals surface area contributed by atoms with E-state index >= 15 is 0 Å². The van der Waals surface area contributed by atoms with Crippen LogP contribution in [0.1, 0.15) is 24.3 Å². The average molecular weight is 286 g/mol. The Morgan fingerprint density at radius 2 is 2.14 bits per heavy atom. The number of nitrogens with one attached hydrogen (secondary N) is 2. The minimum Gasteiger partial charge on any atom is -0.494 e. The molecule has 1 aromatic heterocycles. The molecule has 0 radical (unpaired) electrons. The molecule has 1 heterocycles. The summed E-state index contributed by atoms with van der Waals surface area (Å²) in [7, 11) is 0. The molecule has 110 valence electrons. The fraction of sp³-hybridized carbons (Fsp3) is 0.267. The van der Waals surface area contributed by atoms with Gasteiger partial charge >= 0.3 is 0 Å². The Morgan fingerprint density at radius 1 is 1.29 bits per heavy atom. The lowest BCUT2D eigenvalue weighted by molar-refractivity contribution is 0.102. The summed E-state index contributed by atoms with van der Waals surface area (Å²) in [6.45, 7) is 5.16. The van der Waals surface area contributed by atoms with Crippen molar-refractivity contribution in [2.45, 2.75) is 13.8 Å². The van der Waals surface area contributed by atoms with Crippen molar-refractivity contribution in [2.24, 2.45) is 0 Å². The molecule has 6 heteroatoms. The summed E-state index contributed by atoms with van der Waals surface area (Å²) >= 11 is 0. The van der Waals surface area contributed by atoms with Gasteiger partial charge in [0, 0.05) is 18.3 Å². The first-order valence-electron chi connectivity index (χ1n) is 6.83. The van der Waals surface area contributed by atoms with Crippen molar-refractivity contribution in [3.05, 3.63) is 42.4 Å². The highest BCUT2D eigenvalue weighted by Crippen LogP contribution is 2.17. The lowest BCUT2D eigenvalue weighted by atomic mass is 10.3. The fourth-order valence-electron chi connectivity index (χ4n) is 1.77. The smallest absolute Gasteiger partial charge is 0.275 e. The normalized spacial score (nSPS) is 10.0. The molecule has 0 unspecified atom stereocenters. The van der Waals surface area contributed by atoms with Gasteiger partial charge in [0.2, 0.25) is 0 Å². The number of anilines is 2. The molecule has 1 amide bonds. The number of aromatic nitrogens is 2. The highest BCUT2D eigenvalue weighted by atomic mass is 16.5.